The Labute approximate surface area is 178 Å². The number of rotatable bonds is 8. The highest BCUT2D eigenvalue weighted by Crippen LogP contribution is 2.10. The third kappa shape index (κ3) is 7.26. The molecule has 1 unspecified atom stereocenters. The van der Waals surface area contributed by atoms with Crippen molar-refractivity contribution in [2.75, 3.05) is 26.7 Å². The summed E-state index contributed by atoms with van der Waals surface area (Å²) in [4.78, 5) is 8.48. The second kappa shape index (κ2) is 11.6. The largest absolute Gasteiger partial charge is 0.357 e. The Bertz CT molecular complexity index is 666. The van der Waals surface area contributed by atoms with E-state index in [0.717, 1.165) is 44.3 Å². The minimum Gasteiger partial charge on any atom is -0.357 e. The fourth-order valence-electron chi connectivity index (χ4n) is 2.76. The first-order valence-corrected chi connectivity index (χ1v) is 9.90. The molecule has 0 radical (unpaired) electrons. The van der Waals surface area contributed by atoms with Crippen LogP contribution in [0, 0.1) is 19.8 Å². The lowest BCUT2D eigenvalue weighted by molar-refractivity contribution is 0.441. The molecular weight excluding hydrogens is 457 g/mol. The summed E-state index contributed by atoms with van der Waals surface area (Å²) in [5, 5.41) is 10.1. The van der Waals surface area contributed by atoms with Gasteiger partial charge < -0.3 is 10.2 Å². The number of nitrogens with zero attached hydrogens (tertiary/aromatic N) is 4. The third-order valence-corrected chi connectivity index (χ3v) is 5.05. The molecule has 26 heavy (non-hydrogen) atoms. The molecule has 1 atom stereocenters. The number of hydrogen-bond donors (Lipinski definition) is 1. The second-order valence-corrected chi connectivity index (χ2v) is 7.69. The van der Waals surface area contributed by atoms with Gasteiger partial charge in [-0.2, -0.15) is 5.10 Å². The van der Waals surface area contributed by atoms with Crippen molar-refractivity contribution in [2.45, 2.75) is 40.7 Å². The van der Waals surface area contributed by atoms with Crippen LogP contribution in [0.1, 0.15) is 30.1 Å². The van der Waals surface area contributed by atoms with Crippen molar-refractivity contribution in [1.82, 2.24) is 20.0 Å². The molecule has 2 heterocycles. The van der Waals surface area contributed by atoms with Gasteiger partial charge in [-0.1, -0.05) is 13.0 Å². The maximum absolute atomic E-state index is 4.84. The molecule has 0 amide bonds. The summed E-state index contributed by atoms with van der Waals surface area (Å²) in [7, 11) is 2.11. The van der Waals surface area contributed by atoms with E-state index in [9.17, 15) is 0 Å². The molecule has 2 rings (SSSR count). The number of guanidine groups is 1. The molecule has 0 spiro atoms. The Hall–Kier alpha value is -1.09. The van der Waals surface area contributed by atoms with Gasteiger partial charge in [0.15, 0.2) is 5.96 Å². The molecule has 7 heteroatoms. The van der Waals surface area contributed by atoms with Gasteiger partial charge in [0.25, 0.3) is 0 Å². The van der Waals surface area contributed by atoms with E-state index in [1.807, 2.05) is 18.3 Å². The Balaban J connectivity index is 0.00000338. The van der Waals surface area contributed by atoms with Crippen LogP contribution in [0.25, 0.3) is 0 Å². The molecule has 0 bridgehead atoms. The third-order valence-electron chi connectivity index (χ3n) is 4.11. The van der Waals surface area contributed by atoms with E-state index in [2.05, 4.69) is 71.4 Å². The highest BCUT2D eigenvalue weighted by Gasteiger charge is 2.10. The second-order valence-electron chi connectivity index (χ2n) is 6.66. The van der Waals surface area contributed by atoms with Crippen molar-refractivity contribution >= 4 is 41.3 Å². The Kier molecular flexibility index (Phi) is 10.2. The number of nitrogens with one attached hydrogen (secondary N) is 1. The van der Waals surface area contributed by atoms with Gasteiger partial charge in [-0.25, -0.2) is 0 Å². The van der Waals surface area contributed by atoms with Gasteiger partial charge in [0.2, 0.25) is 0 Å². The average molecular weight is 489 g/mol. The predicted molar refractivity (Wildman–Crippen MR) is 123 cm³/mol. The van der Waals surface area contributed by atoms with E-state index in [4.69, 9.17) is 4.99 Å². The first kappa shape index (κ1) is 23.0. The Morgan fingerprint density at radius 1 is 1.42 bits per heavy atom. The number of thiophene rings is 1. The number of halogens is 1. The molecule has 5 nitrogen and oxygen atoms in total. The quantitative estimate of drug-likeness (QED) is 0.347. The van der Waals surface area contributed by atoms with Crippen molar-refractivity contribution in [3.63, 3.8) is 0 Å². The van der Waals surface area contributed by atoms with Gasteiger partial charge >= 0.3 is 0 Å². The smallest absolute Gasteiger partial charge is 0.193 e. The van der Waals surface area contributed by atoms with Crippen LogP contribution in [0.5, 0.6) is 0 Å². The molecule has 0 fully saturated rings. The van der Waals surface area contributed by atoms with E-state index >= 15 is 0 Å². The van der Waals surface area contributed by atoms with Gasteiger partial charge in [0.1, 0.15) is 0 Å². The molecule has 1 N–H and O–H groups in total. The number of aromatic nitrogens is 2. The topological polar surface area (TPSA) is 45.5 Å². The van der Waals surface area contributed by atoms with E-state index in [-0.39, 0.29) is 24.0 Å². The van der Waals surface area contributed by atoms with Crippen molar-refractivity contribution in [1.29, 1.82) is 0 Å². The Morgan fingerprint density at radius 2 is 2.19 bits per heavy atom. The Morgan fingerprint density at radius 3 is 2.77 bits per heavy atom. The minimum absolute atomic E-state index is 0. The predicted octanol–water partition coefficient (Wildman–Crippen LogP) is 3.96. The molecule has 2 aromatic heterocycles. The van der Waals surface area contributed by atoms with Gasteiger partial charge in [-0.05, 0) is 50.6 Å². The lowest BCUT2D eigenvalue weighted by Crippen LogP contribution is -2.40. The highest BCUT2D eigenvalue weighted by atomic mass is 127. The molecule has 0 aromatic carbocycles. The molecule has 0 aliphatic carbocycles. The van der Waals surface area contributed by atoms with Crippen LogP contribution in [-0.2, 0) is 13.0 Å². The van der Waals surface area contributed by atoms with Crippen LogP contribution < -0.4 is 5.32 Å². The van der Waals surface area contributed by atoms with Crippen LogP contribution >= 0.6 is 35.3 Å². The van der Waals surface area contributed by atoms with Gasteiger partial charge in [0.05, 0.1) is 5.69 Å². The van der Waals surface area contributed by atoms with Crippen molar-refractivity contribution in [3.8, 4) is 0 Å². The monoisotopic (exact) mass is 489 g/mol. The van der Waals surface area contributed by atoms with Gasteiger partial charge in [-0.15, -0.1) is 35.3 Å². The van der Waals surface area contributed by atoms with E-state index in [0.29, 0.717) is 5.92 Å². The summed E-state index contributed by atoms with van der Waals surface area (Å²) in [6, 6.07) is 6.43. The first-order valence-electron chi connectivity index (χ1n) is 9.02. The number of likely N-dealkylation sites (N-methyl/N-ethyl adjacent to an activating group) is 1. The van der Waals surface area contributed by atoms with Crippen molar-refractivity contribution in [2.24, 2.45) is 10.9 Å². The summed E-state index contributed by atoms with van der Waals surface area (Å²) in [6.07, 6.45) is 1.06. The zero-order valence-electron chi connectivity index (χ0n) is 16.5. The number of aliphatic imine (C=N–C) groups is 1. The summed E-state index contributed by atoms with van der Waals surface area (Å²) in [5.41, 5.74) is 2.29. The minimum atomic E-state index is 0. The van der Waals surface area contributed by atoms with Crippen LogP contribution in [0.15, 0.2) is 28.6 Å². The first-order chi connectivity index (χ1) is 12.0. The lowest BCUT2D eigenvalue weighted by atomic mass is 10.2. The molecule has 0 saturated carbocycles. The lowest BCUT2D eigenvalue weighted by Gasteiger charge is -2.22. The summed E-state index contributed by atoms with van der Waals surface area (Å²) in [5.74, 6) is 1.43. The summed E-state index contributed by atoms with van der Waals surface area (Å²) >= 11 is 1.82. The van der Waals surface area contributed by atoms with Crippen LogP contribution in [0.3, 0.4) is 0 Å². The van der Waals surface area contributed by atoms with Crippen LogP contribution in [-0.4, -0.2) is 47.3 Å². The number of aryl methyl sites for hydroxylation is 2. The summed E-state index contributed by atoms with van der Waals surface area (Å²) < 4.78 is 2.09. The average Bonchev–Trinajstić information content (AvgIpc) is 3.19. The molecule has 146 valence electrons. The zero-order chi connectivity index (χ0) is 18.2. The molecule has 0 aliphatic heterocycles. The van der Waals surface area contributed by atoms with E-state index in [1.165, 1.54) is 10.6 Å². The van der Waals surface area contributed by atoms with E-state index in [1.54, 1.807) is 0 Å². The standard InChI is InChI=1S/C19H31N5S.HI/c1-6-20-19(23(5)10-9-18-8-7-11-25-18)21-13-15(2)14-24-17(4)12-16(3)22-24;/h7-8,11-12,15H,6,9-10,13-14H2,1-5H3,(H,20,21);1H. The SMILES string of the molecule is CCNC(=NCC(C)Cn1nc(C)cc1C)N(C)CCc1cccs1.I. The van der Waals surface area contributed by atoms with Crippen LogP contribution in [0.2, 0.25) is 0 Å². The highest BCUT2D eigenvalue weighted by molar-refractivity contribution is 14.0. The fraction of sp³-hybridized carbons (Fsp3) is 0.579. The van der Waals surface area contributed by atoms with Crippen molar-refractivity contribution < 1.29 is 0 Å². The van der Waals surface area contributed by atoms with Crippen LogP contribution in [0.4, 0.5) is 0 Å². The van der Waals surface area contributed by atoms with Gasteiger partial charge in [0, 0.05) is 43.8 Å². The van der Waals surface area contributed by atoms with E-state index < -0.39 is 0 Å². The summed E-state index contributed by atoms with van der Waals surface area (Å²) in [6.45, 7) is 12.0. The maximum Gasteiger partial charge on any atom is 0.193 e. The maximum atomic E-state index is 4.84. The fourth-order valence-corrected chi connectivity index (χ4v) is 3.46. The normalized spacial score (nSPS) is 12.6. The van der Waals surface area contributed by atoms with Crippen molar-refractivity contribution in [3.05, 3.63) is 39.8 Å². The molecule has 0 saturated heterocycles. The molecule has 2 aromatic rings. The molecule has 0 aliphatic rings. The van der Waals surface area contributed by atoms with Gasteiger partial charge in [-0.3, -0.25) is 9.67 Å². The number of hydrogen-bond acceptors (Lipinski definition) is 3. The molecular formula is C19H32IN5S. The zero-order valence-corrected chi connectivity index (χ0v) is 19.7.